The standard InChI is InChI=1S/C33H35ClF3N7O6/c34-21-10-8-20(9-11-21)32(16-17-32)44-30-41-29(42-31(43-30)50-18-33(35,36)37)39-23-12-6-19(7-13-23)26(46)40-24(28(48)49)14-15-25(45)27(47)38-22-4-2-1-3-5-22/h6-13,22,24H,1-5,14-18H2,(H,38,47)(H,40,46)(H,48,49)(H2,39,41,42,43,44)/t24-/m0/s1. The molecular weight excluding hydrogens is 683 g/mol. The van der Waals surface area contributed by atoms with Gasteiger partial charge in [-0.15, -0.1) is 0 Å². The van der Waals surface area contributed by atoms with Gasteiger partial charge >= 0.3 is 18.2 Å². The first-order valence-electron chi connectivity index (χ1n) is 16.0. The van der Waals surface area contributed by atoms with Crippen molar-refractivity contribution < 1.29 is 42.2 Å². The first-order chi connectivity index (χ1) is 23.8. The van der Waals surface area contributed by atoms with Gasteiger partial charge < -0.3 is 31.1 Å². The van der Waals surface area contributed by atoms with Crippen molar-refractivity contribution in [2.75, 3.05) is 17.2 Å². The van der Waals surface area contributed by atoms with Crippen molar-refractivity contribution in [3.63, 3.8) is 0 Å². The summed E-state index contributed by atoms with van der Waals surface area (Å²) in [6.45, 7) is -1.62. The number of halogens is 4. The number of rotatable bonds is 15. The average molecular weight is 718 g/mol. The summed E-state index contributed by atoms with van der Waals surface area (Å²) in [5, 5.41) is 21.3. The molecule has 0 radical (unpaired) electrons. The Balaban J connectivity index is 1.21. The van der Waals surface area contributed by atoms with Crippen LogP contribution >= 0.6 is 11.6 Å². The Morgan fingerprint density at radius 3 is 2.22 bits per heavy atom. The Bertz CT molecular complexity index is 1700. The molecule has 2 aliphatic rings. The minimum Gasteiger partial charge on any atom is -0.480 e. The van der Waals surface area contributed by atoms with Crippen LogP contribution in [0.2, 0.25) is 5.02 Å². The molecule has 0 spiro atoms. The maximum Gasteiger partial charge on any atom is 0.422 e. The van der Waals surface area contributed by atoms with Crippen molar-refractivity contribution in [1.29, 1.82) is 0 Å². The number of aliphatic carboxylic acids is 1. The fraction of sp³-hybridized carbons (Fsp3) is 0.424. The van der Waals surface area contributed by atoms with Crippen molar-refractivity contribution in [3.8, 4) is 6.01 Å². The number of amides is 2. The summed E-state index contributed by atoms with van der Waals surface area (Å²) in [6, 6.07) is 10.7. The van der Waals surface area contributed by atoms with Crippen LogP contribution in [0.5, 0.6) is 6.01 Å². The van der Waals surface area contributed by atoms with Crippen LogP contribution in [0.3, 0.4) is 0 Å². The highest BCUT2D eigenvalue weighted by atomic mass is 35.5. The summed E-state index contributed by atoms with van der Waals surface area (Å²) >= 11 is 6.01. The lowest BCUT2D eigenvalue weighted by Crippen LogP contribution is -2.43. The highest BCUT2D eigenvalue weighted by molar-refractivity contribution is 6.36. The zero-order valence-electron chi connectivity index (χ0n) is 26.7. The molecule has 5 rings (SSSR count). The van der Waals surface area contributed by atoms with E-state index in [1.54, 1.807) is 12.1 Å². The number of anilines is 3. The quantitative estimate of drug-likeness (QED) is 0.129. The summed E-state index contributed by atoms with van der Waals surface area (Å²) in [4.78, 5) is 61.6. The molecule has 3 aromatic rings. The van der Waals surface area contributed by atoms with E-state index in [2.05, 4.69) is 36.2 Å². The van der Waals surface area contributed by atoms with Gasteiger partial charge in [-0.1, -0.05) is 43.0 Å². The monoisotopic (exact) mass is 717 g/mol. The lowest BCUT2D eigenvalue weighted by Gasteiger charge is -2.22. The van der Waals surface area contributed by atoms with Crippen LogP contribution in [0, 0.1) is 0 Å². The van der Waals surface area contributed by atoms with Gasteiger partial charge in [-0.3, -0.25) is 14.4 Å². The number of nitrogens with zero attached hydrogens (tertiary/aromatic N) is 3. The molecule has 50 heavy (non-hydrogen) atoms. The van der Waals surface area contributed by atoms with Gasteiger partial charge in [0.1, 0.15) is 6.04 Å². The number of Topliss-reactive ketones (excluding diaryl/α,β-unsaturated/α-hetero) is 1. The maximum atomic E-state index is 12.9. The summed E-state index contributed by atoms with van der Waals surface area (Å²) in [7, 11) is 0. The molecule has 2 amide bonds. The second kappa shape index (κ2) is 15.7. The number of hydrogen-bond donors (Lipinski definition) is 5. The van der Waals surface area contributed by atoms with Gasteiger partial charge in [0.05, 0.1) is 5.54 Å². The molecule has 2 aromatic carbocycles. The largest absolute Gasteiger partial charge is 0.480 e. The van der Waals surface area contributed by atoms with Crippen LogP contribution in [-0.2, 0) is 19.9 Å². The molecule has 1 atom stereocenters. The molecule has 0 aliphatic heterocycles. The first-order valence-corrected chi connectivity index (χ1v) is 16.4. The number of alkyl halides is 3. The second-order valence-electron chi connectivity index (χ2n) is 12.2. The van der Waals surface area contributed by atoms with E-state index >= 15 is 0 Å². The number of hydrogen-bond acceptors (Lipinski definition) is 10. The number of nitrogens with one attached hydrogen (secondary N) is 4. The fourth-order valence-electron chi connectivity index (χ4n) is 5.51. The van der Waals surface area contributed by atoms with Gasteiger partial charge in [0, 0.05) is 28.7 Å². The molecular formula is C33H35ClF3N7O6. The van der Waals surface area contributed by atoms with Crippen LogP contribution < -0.4 is 26.0 Å². The van der Waals surface area contributed by atoms with E-state index in [9.17, 15) is 37.5 Å². The van der Waals surface area contributed by atoms with Crippen molar-refractivity contribution in [2.45, 2.75) is 81.6 Å². The van der Waals surface area contributed by atoms with Gasteiger partial charge in [-0.25, -0.2) is 4.79 Å². The van der Waals surface area contributed by atoms with E-state index in [1.165, 1.54) is 24.3 Å². The van der Waals surface area contributed by atoms with Gasteiger partial charge in [0.15, 0.2) is 6.61 Å². The Morgan fingerprint density at radius 2 is 1.60 bits per heavy atom. The Labute approximate surface area is 289 Å². The van der Waals surface area contributed by atoms with Crippen molar-refractivity contribution in [1.82, 2.24) is 25.6 Å². The number of carbonyl (C=O) groups is 4. The smallest absolute Gasteiger partial charge is 0.422 e. The predicted octanol–water partition coefficient (Wildman–Crippen LogP) is 5.29. The number of benzene rings is 2. The third-order valence-corrected chi connectivity index (χ3v) is 8.59. The van der Waals surface area contributed by atoms with Crippen LogP contribution in [0.1, 0.15) is 73.7 Å². The summed E-state index contributed by atoms with van der Waals surface area (Å²) < 4.78 is 43.5. The second-order valence-corrected chi connectivity index (χ2v) is 12.7. The lowest BCUT2D eigenvalue weighted by molar-refractivity contribution is -0.154. The van der Waals surface area contributed by atoms with Gasteiger partial charge in [-0.2, -0.15) is 28.1 Å². The van der Waals surface area contributed by atoms with E-state index in [0.717, 1.165) is 37.7 Å². The molecule has 2 aliphatic carbocycles. The summed E-state index contributed by atoms with van der Waals surface area (Å²) in [5.74, 6) is -3.81. The fourth-order valence-corrected chi connectivity index (χ4v) is 5.63. The zero-order chi connectivity index (χ0) is 35.9. The topological polar surface area (TPSA) is 185 Å². The number of carboxylic acids is 1. The minimum atomic E-state index is -4.64. The average Bonchev–Trinajstić information content (AvgIpc) is 3.86. The molecule has 2 fully saturated rings. The molecule has 5 N–H and O–H groups in total. The molecule has 1 aromatic heterocycles. The first kappa shape index (κ1) is 36.3. The number of ketones is 1. The Hall–Kier alpha value is -4.99. The molecule has 0 saturated heterocycles. The van der Waals surface area contributed by atoms with E-state index in [0.29, 0.717) is 23.6 Å². The Morgan fingerprint density at radius 1 is 0.940 bits per heavy atom. The summed E-state index contributed by atoms with van der Waals surface area (Å²) in [5.41, 5.74) is 0.750. The van der Waals surface area contributed by atoms with Crippen molar-refractivity contribution in [2.24, 2.45) is 0 Å². The molecule has 266 valence electrons. The van der Waals surface area contributed by atoms with E-state index in [4.69, 9.17) is 16.3 Å². The van der Waals surface area contributed by atoms with Crippen molar-refractivity contribution >= 4 is 52.8 Å². The van der Waals surface area contributed by atoms with E-state index in [-0.39, 0.29) is 36.3 Å². The summed E-state index contributed by atoms with van der Waals surface area (Å²) in [6.07, 6.45) is 0.719. The molecule has 0 bridgehead atoms. The highest BCUT2D eigenvalue weighted by Gasteiger charge is 2.45. The Kier molecular flexibility index (Phi) is 11.4. The molecule has 1 heterocycles. The number of ether oxygens (including phenoxy) is 1. The predicted molar refractivity (Wildman–Crippen MR) is 175 cm³/mol. The number of carboxylic acid groups (broad SMARTS) is 1. The van der Waals surface area contributed by atoms with Gasteiger partial charge in [0.2, 0.25) is 17.7 Å². The maximum absolute atomic E-state index is 12.9. The van der Waals surface area contributed by atoms with Crippen LogP contribution in [-0.4, -0.2) is 68.5 Å². The van der Waals surface area contributed by atoms with Crippen LogP contribution in [0.15, 0.2) is 48.5 Å². The van der Waals surface area contributed by atoms with E-state index < -0.39 is 53.9 Å². The molecule has 2 saturated carbocycles. The lowest BCUT2D eigenvalue weighted by atomic mass is 9.95. The number of aromatic nitrogens is 3. The molecule has 17 heteroatoms. The molecule has 13 nitrogen and oxygen atoms in total. The zero-order valence-corrected chi connectivity index (χ0v) is 27.4. The highest BCUT2D eigenvalue weighted by Crippen LogP contribution is 2.48. The van der Waals surface area contributed by atoms with Crippen molar-refractivity contribution in [3.05, 3.63) is 64.7 Å². The normalized spacial score (nSPS) is 16.1. The van der Waals surface area contributed by atoms with E-state index in [1.807, 2.05) is 12.1 Å². The van der Waals surface area contributed by atoms with Gasteiger partial charge in [0.25, 0.3) is 11.8 Å². The van der Waals surface area contributed by atoms with Crippen LogP contribution in [0.4, 0.5) is 30.8 Å². The molecule has 0 unspecified atom stereocenters. The number of carbonyl (C=O) groups excluding carboxylic acids is 3. The third-order valence-electron chi connectivity index (χ3n) is 8.34. The third kappa shape index (κ3) is 10.3. The van der Waals surface area contributed by atoms with Gasteiger partial charge in [-0.05, 0) is 74.1 Å². The minimum absolute atomic E-state index is 0.0345. The van der Waals surface area contributed by atoms with Crippen LogP contribution in [0.25, 0.3) is 0 Å². The SMILES string of the molecule is O=C(CC[C@H](NC(=O)c1ccc(Nc2nc(NC3(c4ccc(Cl)cc4)CC3)nc(OCC(F)(F)F)n2)cc1)C(=O)O)C(=O)NC1CCCCC1.